The van der Waals surface area contributed by atoms with Crippen LogP contribution in [0.25, 0.3) is 6.08 Å². The minimum Gasteiger partial charge on any atom is -0.493 e. The van der Waals surface area contributed by atoms with Gasteiger partial charge in [-0.1, -0.05) is 0 Å². The Kier molecular flexibility index (Phi) is 6.22. The van der Waals surface area contributed by atoms with Gasteiger partial charge in [0.1, 0.15) is 11.1 Å². The zero-order valence-electron chi connectivity index (χ0n) is 16.1. The summed E-state index contributed by atoms with van der Waals surface area (Å²) >= 11 is 1.51. The van der Waals surface area contributed by atoms with Crippen LogP contribution in [-0.2, 0) is 17.6 Å². The molecule has 1 aromatic carbocycles. The Morgan fingerprint density at radius 2 is 1.82 bits per heavy atom. The number of amides is 1. The first kappa shape index (κ1) is 19.8. The molecule has 1 heterocycles. The number of nitrogens with one attached hydrogen (secondary N) is 1. The van der Waals surface area contributed by atoms with E-state index in [9.17, 15) is 10.1 Å². The summed E-state index contributed by atoms with van der Waals surface area (Å²) in [5, 5.41) is 13.0. The molecule has 7 heteroatoms. The van der Waals surface area contributed by atoms with Gasteiger partial charge in [0.25, 0.3) is 0 Å². The van der Waals surface area contributed by atoms with Gasteiger partial charge in [0.05, 0.1) is 26.9 Å². The fourth-order valence-electron chi connectivity index (χ4n) is 3.30. The standard InChI is InChI=1S/C21H22N2O4S/c1-25-16-10-13(11-17(26-2)20(16)27-3)8-9-19(24)23-21-15(12-22)14-6-4-5-7-18(14)28-21/h8-11H,4-7H2,1-3H3,(H,23,24). The number of anilines is 1. The van der Waals surface area contributed by atoms with Crippen molar-refractivity contribution in [1.82, 2.24) is 0 Å². The summed E-state index contributed by atoms with van der Waals surface area (Å²) < 4.78 is 16.0. The minimum absolute atomic E-state index is 0.288. The fourth-order valence-corrected chi connectivity index (χ4v) is 4.54. The van der Waals surface area contributed by atoms with Crippen molar-refractivity contribution in [2.75, 3.05) is 26.6 Å². The lowest BCUT2D eigenvalue weighted by Crippen LogP contribution is -2.08. The van der Waals surface area contributed by atoms with E-state index in [1.807, 2.05) is 0 Å². The quantitative estimate of drug-likeness (QED) is 0.739. The molecule has 146 valence electrons. The van der Waals surface area contributed by atoms with Crippen molar-refractivity contribution in [1.29, 1.82) is 5.26 Å². The third-order valence-electron chi connectivity index (χ3n) is 4.63. The third kappa shape index (κ3) is 3.97. The molecule has 0 bridgehead atoms. The molecule has 0 atom stereocenters. The Hall–Kier alpha value is -2.98. The van der Waals surface area contributed by atoms with Crippen molar-refractivity contribution < 1.29 is 19.0 Å². The second kappa shape index (κ2) is 8.81. The Bertz CT molecular complexity index is 931. The van der Waals surface area contributed by atoms with Gasteiger partial charge in [-0.15, -0.1) is 11.3 Å². The van der Waals surface area contributed by atoms with Crippen molar-refractivity contribution in [3.05, 3.63) is 39.8 Å². The van der Waals surface area contributed by atoms with Gasteiger partial charge in [-0.3, -0.25) is 4.79 Å². The SMILES string of the molecule is COc1cc(C=CC(=O)Nc2sc3c(c2C#N)CCCC3)cc(OC)c1OC. The highest BCUT2D eigenvalue weighted by Gasteiger charge is 2.21. The lowest BCUT2D eigenvalue weighted by atomic mass is 9.96. The van der Waals surface area contributed by atoms with E-state index in [-0.39, 0.29) is 5.91 Å². The van der Waals surface area contributed by atoms with Crippen LogP contribution in [0.15, 0.2) is 18.2 Å². The first-order valence-electron chi connectivity index (χ1n) is 8.95. The van der Waals surface area contributed by atoms with Gasteiger partial charge in [-0.25, -0.2) is 0 Å². The summed E-state index contributed by atoms with van der Waals surface area (Å²) in [5.41, 5.74) is 2.44. The third-order valence-corrected chi connectivity index (χ3v) is 5.84. The van der Waals surface area contributed by atoms with Crippen LogP contribution in [0.4, 0.5) is 5.00 Å². The van der Waals surface area contributed by atoms with E-state index < -0.39 is 0 Å². The van der Waals surface area contributed by atoms with Crippen LogP contribution in [0, 0.1) is 11.3 Å². The second-order valence-corrected chi connectivity index (χ2v) is 7.41. The van der Waals surface area contributed by atoms with Gasteiger partial charge in [0.15, 0.2) is 11.5 Å². The molecule has 3 rings (SSSR count). The van der Waals surface area contributed by atoms with Crippen molar-refractivity contribution in [2.45, 2.75) is 25.7 Å². The van der Waals surface area contributed by atoms with Gasteiger partial charge in [-0.05, 0) is 55.0 Å². The molecule has 0 fully saturated rings. The average Bonchev–Trinajstić information content (AvgIpc) is 3.07. The monoisotopic (exact) mass is 398 g/mol. The number of fused-ring (bicyclic) bond motifs is 1. The van der Waals surface area contributed by atoms with Gasteiger partial charge < -0.3 is 19.5 Å². The number of hydrogen-bond acceptors (Lipinski definition) is 6. The Morgan fingerprint density at radius 1 is 1.14 bits per heavy atom. The predicted molar refractivity (Wildman–Crippen MR) is 109 cm³/mol. The molecule has 1 N–H and O–H groups in total. The largest absolute Gasteiger partial charge is 0.493 e. The Balaban J connectivity index is 1.80. The molecule has 1 aliphatic rings. The molecule has 28 heavy (non-hydrogen) atoms. The number of methoxy groups -OCH3 is 3. The average molecular weight is 398 g/mol. The van der Waals surface area contributed by atoms with Gasteiger partial charge in [0.2, 0.25) is 11.7 Å². The number of benzene rings is 1. The molecule has 0 radical (unpaired) electrons. The van der Waals surface area contributed by atoms with Crippen LogP contribution in [0.5, 0.6) is 17.2 Å². The van der Waals surface area contributed by atoms with E-state index in [1.54, 1.807) is 32.4 Å². The molecule has 0 saturated carbocycles. The van der Waals surface area contributed by atoms with E-state index in [4.69, 9.17) is 14.2 Å². The number of nitrogens with zero attached hydrogens (tertiary/aromatic N) is 1. The van der Waals surface area contributed by atoms with Crippen LogP contribution in [0.1, 0.15) is 34.4 Å². The zero-order chi connectivity index (χ0) is 20.1. The maximum Gasteiger partial charge on any atom is 0.249 e. The first-order chi connectivity index (χ1) is 13.6. The molecule has 0 unspecified atom stereocenters. The number of carbonyl (C=O) groups is 1. The van der Waals surface area contributed by atoms with Crippen LogP contribution >= 0.6 is 11.3 Å². The highest BCUT2D eigenvalue weighted by atomic mass is 32.1. The van der Waals surface area contributed by atoms with E-state index >= 15 is 0 Å². The van der Waals surface area contributed by atoms with Crippen LogP contribution in [-0.4, -0.2) is 27.2 Å². The fraction of sp³-hybridized carbons (Fsp3) is 0.333. The normalized spacial score (nSPS) is 12.9. The molecule has 0 spiro atoms. The number of thiophene rings is 1. The lowest BCUT2D eigenvalue weighted by molar-refractivity contribution is -0.111. The van der Waals surface area contributed by atoms with Gasteiger partial charge in [0, 0.05) is 11.0 Å². The van der Waals surface area contributed by atoms with E-state index in [0.29, 0.717) is 27.8 Å². The van der Waals surface area contributed by atoms with Gasteiger partial charge in [-0.2, -0.15) is 5.26 Å². The number of aryl methyl sites for hydroxylation is 1. The summed E-state index contributed by atoms with van der Waals surface area (Å²) in [5.74, 6) is 1.23. The van der Waals surface area contributed by atoms with Crippen molar-refractivity contribution in [3.63, 3.8) is 0 Å². The number of rotatable bonds is 6. The Morgan fingerprint density at radius 3 is 2.43 bits per heavy atom. The summed E-state index contributed by atoms with van der Waals surface area (Å²) in [6.45, 7) is 0. The molecule has 1 aliphatic carbocycles. The molecule has 0 saturated heterocycles. The number of ether oxygens (including phenoxy) is 3. The molecule has 0 aliphatic heterocycles. The van der Waals surface area contributed by atoms with Crippen LogP contribution in [0.2, 0.25) is 0 Å². The molecule has 1 aromatic heterocycles. The second-order valence-electron chi connectivity index (χ2n) is 6.31. The summed E-state index contributed by atoms with van der Waals surface area (Å²) in [6.07, 6.45) is 7.21. The van der Waals surface area contributed by atoms with Crippen LogP contribution in [0.3, 0.4) is 0 Å². The summed E-state index contributed by atoms with van der Waals surface area (Å²) in [7, 11) is 4.62. The zero-order valence-corrected chi connectivity index (χ0v) is 16.9. The maximum atomic E-state index is 12.4. The highest BCUT2D eigenvalue weighted by molar-refractivity contribution is 7.16. The van der Waals surface area contributed by atoms with Crippen molar-refractivity contribution >= 4 is 28.3 Å². The molecule has 6 nitrogen and oxygen atoms in total. The number of carbonyl (C=O) groups excluding carboxylic acids is 1. The summed E-state index contributed by atoms with van der Waals surface area (Å²) in [6, 6.07) is 5.77. The molecule has 2 aromatic rings. The summed E-state index contributed by atoms with van der Waals surface area (Å²) in [4.78, 5) is 13.6. The molecule has 1 amide bonds. The molecular formula is C21H22N2O4S. The van der Waals surface area contributed by atoms with E-state index in [2.05, 4.69) is 11.4 Å². The predicted octanol–water partition coefficient (Wildman–Crippen LogP) is 4.18. The van der Waals surface area contributed by atoms with Gasteiger partial charge >= 0.3 is 0 Å². The smallest absolute Gasteiger partial charge is 0.249 e. The lowest BCUT2D eigenvalue weighted by Gasteiger charge is -2.12. The topological polar surface area (TPSA) is 80.6 Å². The van der Waals surface area contributed by atoms with Crippen molar-refractivity contribution in [3.8, 4) is 23.3 Å². The first-order valence-corrected chi connectivity index (χ1v) is 9.76. The van der Waals surface area contributed by atoms with E-state index in [0.717, 1.165) is 36.8 Å². The minimum atomic E-state index is -0.288. The number of hydrogen-bond donors (Lipinski definition) is 1. The Labute approximate surface area is 168 Å². The van der Waals surface area contributed by atoms with Crippen LogP contribution < -0.4 is 19.5 Å². The number of nitriles is 1. The highest BCUT2D eigenvalue weighted by Crippen LogP contribution is 2.39. The van der Waals surface area contributed by atoms with E-state index in [1.165, 1.54) is 29.4 Å². The molecular weight excluding hydrogens is 376 g/mol. The van der Waals surface area contributed by atoms with Crippen molar-refractivity contribution in [2.24, 2.45) is 0 Å². The maximum absolute atomic E-state index is 12.4.